The molecule has 1 atom stereocenters. The fraction of sp³-hybridized carbons (Fsp3) is 0.618. The lowest BCUT2D eigenvalue weighted by Gasteiger charge is -2.18. The van der Waals surface area contributed by atoms with E-state index in [1.54, 1.807) is 0 Å². The molecule has 0 aromatic carbocycles. The van der Waals surface area contributed by atoms with Crippen LogP contribution in [0.1, 0.15) is 284 Å². The molecule has 0 aliphatic rings. The molecule has 0 aromatic rings. The Morgan fingerprint density at radius 1 is 0.256 bits per heavy atom. The molecule has 82 heavy (non-hydrogen) atoms. The smallest absolute Gasteiger partial charge is 0.306 e. The fourth-order valence-corrected chi connectivity index (χ4v) is 8.80. The third-order valence-electron chi connectivity index (χ3n) is 13.7. The average Bonchev–Trinajstić information content (AvgIpc) is 3.47. The van der Waals surface area contributed by atoms with Crippen LogP contribution < -0.4 is 0 Å². The van der Waals surface area contributed by atoms with Gasteiger partial charge in [0.1, 0.15) is 13.2 Å². The van der Waals surface area contributed by atoms with E-state index in [0.717, 1.165) is 173 Å². The molecule has 6 nitrogen and oxygen atoms in total. The van der Waals surface area contributed by atoms with Crippen LogP contribution in [-0.4, -0.2) is 37.2 Å². The van der Waals surface area contributed by atoms with Gasteiger partial charge in [0.05, 0.1) is 0 Å². The molecular formula is C76H122O6. The summed E-state index contributed by atoms with van der Waals surface area (Å²) in [5.41, 5.74) is 0. The van der Waals surface area contributed by atoms with Gasteiger partial charge in [-0.05, 0) is 148 Å². The van der Waals surface area contributed by atoms with E-state index in [0.29, 0.717) is 19.3 Å². The van der Waals surface area contributed by atoms with Crippen LogP contribution in [-0.2, 0) is 28.6 Å². The molecule has 1 unspecified atom stereocenters. The lowest BCUT2D eigenvalue weighted by atomic mass is 10.1. The van der Waals surface area contributed by atoms with Crippen molar-refractivity contribution in [3.05, 3.63) is 158 Å². The van der Waals surface area contributed by atoms with Crippen molar-refractivity contribution in [3.63, 3.8) is 0 Å². The van der Waals surface area contributed by atoms with Crippen LogP contribution in [0.5, 0.6) is 0 Å². The van der Waals surface area contributed by atoms with Gasteiger partial charge >= 0.3 is 17.9 Å². The topological polar surface area (TPSA) is 78.9 Å². The maximum absolute atomic E-state index is 12.9. The van der Waals surface area contributed by atoms with Crippen molar-refractivity contribution in [3.8, 4) is 0 Å². The van der Waals surface area contributed by atoms with Gasteiger partial charge in [-0.3, -0.25) is 14.4 Å². The summed E-state index contributed by atoms with van der Waals surface area (Å²) in [5.74, 6) is -0.938. The van der Waals surface area contributed by atoms with Crippen molar-refractivity contribution in [1.29, 1.82) is 0 Å². The molecule has 0 aliphatic heterocycles. The highest BCUT2D eigenvalue weighted by Crippen LogP contribution is 2.15. The summed E-state index contributed by atoms with van der Waals surface area (Å²) in [4.78, 5) is 38.4. The summed E-state index contributed by atoms with van der Waals surface area (Å²) in [6, 6.07) is 0. The molecule has 6 heteroatoms. The number of hydrogen-bond acceptors (Lipinski definition) is 6. The second kappa shape index (κ2) is 68.5. The van der Waals surface area contributed by atoms with Crippen molar-refractivity contribution in [1.82, 2.24) is 0 Å². The van der Waals surface area contributed by atoms with Gasteiger partial charge in [-0.15, -0.1) is 0 Å². The summed E-state index contributed by atoms with van der Waals surface area (Å²) in [6.07, 6.45) is 99.6. The first-order valence-corrected chi connectivity index (χ1v) is 33.5. The monoisotopic (exact) mass is 1130 g/mol. The molecule has 0 bridgehead atoms. The Morgan fingerprint density at radius 2 is 0.476 bits per heavy atom. The maximum atomic E-state index is 12.9. The minimum absolute atomic E-state index is 0.100. The first-order chi connectivity index (χ1) is 40.5. The van der Waals surface area contributed by atoms with Gasteiger partial charge in [0.15, 0.2) is 6.10 Å². The van der Waals surface area contributed by atoms with Gasteiger partial charge in [-0.2, -0.15) is 0 Å². The number of allylic oxidation sites excluding steroid dienone is 26. The van der Waals surface area contributed by atoms with Gasteiger partial charge in [-0.25, -0.2) is 0 Å². The van der Waals surface area contributed by atoms with E-state index in [1.807, 2.05) is 0 Å². The molecule has 0 N–H and O–H groups in total. The highest BCUT2D eigenvalue weighted by atomic mass is 16.6. The number of carbonyl (C=O) groups excluding carboxylic acids is 3. The van der Waals surface area contributed by atoms with Gasteiger partial charge in [0.2, 0.25) is 0 Å². The predicted octanol–water partition coefficient (Wildman–Crippen LogP) is 23.3. The van der Waals surface area contributed by atoms with Crippen LogP contribution in [0.2, 0.25) is 0 Å². The third-order valence-corrected chi connectivity index (χ3v) is 13.7. The largest absolute Gasteiger partial charge is 0.462 e. The lowest BCUT2D eigenvalue weighted by molar-refractivity contribution is -0.167. The number of esters is 3. The fourth-order valence-electron chi connectivity index (χ4n) is 8.80. The lowest BCUT2D eigenvalue weighted by Crippen LogP contribution is -2.30. The van der Waals surface area contributed by atoms with Crippen LogP contribution in [0.15, 0.2) is 158 Å². The minimum atomic E-state index is -0.805. The standard InChI is InChI=1S/C76H122O6/c1-4-7-10-13-16-19-22-25-28-30-32-33-34-35-36-37-38-39-40-41-42-43-44-46-48-51-54-57-60-63-66-69-75(78)81-72-73(71-80-74(77)68-65-62-59-56-53-50-47-27-24-21-18-15-12-9-6-3)82-76(79)70-67-64-61-58-55-52-49-45-31-29-26-23-20-17-14-11-8-5-2/h7,9-10,12,16,18-21,23,25,27-29,31-33,35-36,38-39,41-42,44,46-47,73H,4-6,8,11,13-15,17,22,24,26,30,34,37,40,43,45,48-72H2,1-3H3/b10-7-,12-9-,19-16-,21-18-,23-20-,28-25-,31-29-,33-32-,36-35-,39-38-,42-41-,46-44-,47-27-. The van der Waals surface area contributed by atoms with Crippen molar-refractivity contribution in [2.45, 2.75) is 290 Å². The Kier molecular flexibility index (Phi) is 64.4. The minimum Gasteiger partial charge on any atom is -0.462 e. The van der Waals surface area contributed by atoms with Crippen LogP contribution >= 0.6 is 0 Å². The van der Waals surface area contributed by atoms with E-state index >= 15 is 0 Å². The van der Waals surface area contributed by atoms with Gasteiger partial charge < -0.3 is 14.2 Å². The Balaban J connectivity index is 4.40. The zero-order valence-corrected chi connectivity index (χ0v) is 52.9. The molecule has 0 rings (SSSR count). The molecule has 0 heterocycles. The zero-order valence-electron chi connectivity index (χ0n) is 52.9. The summed E-state index contributed by atoms with van der Waals surface area (Å²) < 4.78 is 16.9. The number of ether oxygens (including phenoxy) is 3. The van der Waals surface area contributed by atoms with Crippen LogP contribution in [0.25, 0.3) is 0 Å². The first-order valence-electron chi connectivity index (χ1n) is 33.5. The molecule has 0 spiro atoms. The SMILES string of the molecule is CC/C=C\C/C=C\C/C=C\C/C=C\C/C=C\C/C=C\C/C=C\C/C=C\CCCCCCCCC(=O)OCC(COC(=O)CCCCCCC/C=C\C/C=C\C/C=C\CC)OC(=O)CCCCCCCCC/C=C\C/C=C\CCCCCC. The van der Waals surface area contributed by atoms with E-state index in [9.17, 15) is 14.4 Å². The summed E-state index contributed by atoms with van der Waals surface area (Å²) >= 11 is 0. The van der Waals surface area contributed by atoms with Crippen LogP contribution in [0.3, 0.4) is 0 Å². The Morgan fingerprint density at radius 3 is 0.744 bits per heavy atom. The number of rotatable bonds is 59. The van der Waals surface area contributed by atoms with Gasteiger partial charge in [0, 0.05) is 19.3 Å². The summed E-state index contributed by atoms with van der Waals surface area (Å²) in [5, 5.41) is 0. The van der Waals surface area contributed by atoms with Crippen molar-refractivity contribution < 1.29 is 28.6 Å². The van der Waals surface area contributed by atoms with E-state index < -0.39 is 6.10 Å². The maximum Gasteiger partial charge on any atom is 0.306 e. The van der Waals surface area contributed by atoms with Crippen molar-refractivity contribution in [2.75, 3.05) is 13.2 Å². The number of unbranched alkanes of at least 4 members (excludes halogenated alkanes) is 22. The average molecular weight is 1130 g/mol. The third kappa shape index (κ3) is 65.8. The zero-order chi connectivity index (χ0) is 59.2. The van der Waals surface area contributed by atoms with Gasteiger partial charge in [0.25, 0.3) is 0 Å². The summed E-state index contributed by atoms with van der Waals surface area (Å²) in [6.45, 7) is 6.37. The highest BCUT2D eigenvalue weighted by Gasteiger charge is 2.19. The Hall–Kier alpha value is -4.97. The van der Waals surface area contributed by atoms with Gasteiger partial charge in [-0.1, -0.05) is 275 Å². The molecule has 0 amide bonds. The van der Waals surface area contributed by atoms with Crippen LogP contribution in [0, 0.1) is 0 Å². The number of hydrogen-bond donors (Lipinski definition) is 0. The van der Waals surface area contributed by atoms with E-state index in [2.05, 4.69) is 179 Å². The quantitative estimate of drug-likeness (QED) is 0.0261. The molecule has 0 saturated heterocycles. The highest BCUT2D eigenvalue weighted by molar-refractivity contribution is 5.71. The van der Waals surface area contributed by atoms with Crippen LogP contribution in [0.4, 0.5) is 0 Å². The van der Waals surface area contributed by atoms with E-state index in [-0.39, 0.29) is 31.1 Å². The van der Waals surface area contributed by atoms with E-state index in [1.165, 1.54) is 70.6 Å². The molecule has 0 radical (unpaired) electrons. The molecule has 0 aromatic heterocycles. The second-order valence-electron chi connectivity index (χ2n) is 21.6. The Labute approximate surface area is 505 Å². The molecule has 0 saturated carbocycles. The molecular weight excluding hydrogens is 1010 g/mol. The Bertz CT molecular complexity index is 1830. The number of carbonyl (C=O) groups is 3. The normalized spacial score (nSPS) is 13.2. The second-order valence-corrected chi connectivity index (χ2v) is 21.6. The summed E-state index contributed by atoms with van der Waals surface area (Å²) in [7, 11) is 0. The molecule has 0 aliphatic carbocycles. The van der Waals surface area contributed by atoms with Crippen molar-refractivity contribution in [2.24, 2.45) is 0 Å². The predicted molar refractivity (Wildman–Crippen MR) is 357 cm³/mol. The first kappa shape index (κ1) is 77.0. The van der Waals surface area contributed by atoms with Crippen molar-refractivity contribution >= 4 is 17.9 Å². The molecule has 462 valence electrons. The molecule has 0 fully saturated rings. The van der Waals surface area contributed by atoms with E-state index in [4.69, 9.17) is 14.2 Å².